The molecule has 4 heteroatoms. The predicted octanol–water partition coefficient (Wildman–Crippen LogP) is -3.75. The number of nitrogens with one attached hydrogen (secondary N) is 1. The summed E-state index contributed by atoms with van der Waals surface area (Å²) in [7, 11) is 4.02. The molecule has 0 rings (SSSR count). The molecule has 3 nitrogen and oxygen atoms in total. The molecule has 0 heterocycles. The number of hydrogen-bond donors (Lipinski definition) is 1. The van der Waals surface area contributed by atoms with Crippen LogP contribution < -0.4 is 17.3 Å². The zero-order valence-corrected chi connectivity index (χ0v) is 8.52. The van der Waals surface area contributed by atoms with Crippen LogP contribution in [-0.2, 0) is 9.53 Å². The topological polar surface area (TPSA) is 30.7 Å². The van der Waals surface area contributed by atoms with Crippen LogP contribution in [-0.4, -0.2) is 32.7 Å². The van der Waals surface area contributed by atoms with Crippen molar-refractivity contribution >= 4 is 5.97 Å². The second-order valence-electron chi connectivity index (χ2n) is 2.86. The Morgan fingerprint density at radius 1 is 1.67 bits per heavy atom. The van der Waals surface area contributed by atoms with Crippen molar-refractivity contribution in [2.45, 2.75) is 13.0 Å². The standard InChI is InChI=1S/C8H15NO2.ClH/c1-5-8(10)11-7(2)6-9(3)4;/h5,7H,1,6H2,2-4H3;1H. The van der Waals surface area contributed by atoms with Crippen LogP contribution in [0.3, 0.4) is 0 Å². The van der Waals surface area contributed by atoms with Crippen molar-refractivity contribution in [3.05, 3.63) is 12.7 Å². The predicted molar refractivity (Wildman–Crippen MR) is 43.4 cm³/mol. The summed E-state index contributed by atoms with van der Waals surface area (Å²) in [5.74, 6) is -0.348. The molecule has 0 aliphatic rings. The molecule has 1 unspecified atom stereocenters. The molecular weight excluding hydrogens is 178 g/mol. The maximum atomic E-state index is 10.7. The first kappa shape index (κ1) is 14.0. The third kappa shape index (κ3) is 7.57. The first-order valence-corrected chi connectivity index (χ1v) is 3.68. The summed E-state index contributed by atoms with van der Waals surface area (Å²) in [6.07, 6.45) is 1.15. The Labute approximate surface area is 79.8 Å². The van der Waals surface area contributed by atoms with Gasteiger partial charge in [-0.3, -0.25) is 0 Å². The highest BCUT2D eigenvalue weighted by Gasteiger charge is 2.08. The van der Waals surface area contributed by atoms with Gasteiger partial charge in [-0.15, -0.1) is 0 Å². The van der Waals surface area contributed by atoms with Gasteiger partial charge in [-0.2, -0.15) is 0 Å². The molecule has 0 amide bonds. The van der Waals surface area contributed by atoms with Crippen LogP contribution in [0, 0.1) is 0 Å². The minimum absolute atomic E-state index is 0. The summed E-state index contributed by atoms with van der Waals surface area (Å²) in [6, 6.07) is 0. The molecule has 0 saturated heterocycles. The van der Waals surface area contributed by atoms with Crippen molar-refractivity contribution in [1.82, 2.24) is 0 Å². The lowest BCUT2D eigenvalue weighted by molar-refractivity contribution is -0.861. The Balaban J connectivity index is 0. The highest BCUT2D eigenvalue weighted by molar-refractivity contribution is 5.81. The number of hydrogen-bond acceptors (Lipinski definition) is 2. The van der Waals surface area contributed by atoms with Crippen molar-refractivity contribution in [2.24, 2.45) is 0 Å². The first-order chi connectivity index (χ1) is 5.06. The summed E-state index contributed by atoms with van der Waals surface area (Å²) < 4.78 is 4.93. The van der Waals surface area contributed by atoms with Crippen molar-refractivity contribution in [2.75, 3.05) is 20.6 Å². The smallest absolute Gasteiger partial charge is 0.330 e. The van der Waals surface area contributed by atoms with Gasteiger partial charge in [0, 0.05) is 6.08 Å². The van der Waals surface area contributed by atoms with Crippen LogP contribution in [0.25, 0.3) is 0 Å². The van der Waals surface area contributed by atoms with Gasteiger partial charge in [-0.25, -0.2) is 4.79 Å². The van der Waals surface area contributed by atoms with E-state index < -0.39 is 0 Å². The molecule has 1 atom stereocenters. The number of esters is 1. The largest absolute Gasteiger partial charge is 1.00 e. The molecule has 0 bridgehead atoms. The minimum atomic E-state index is -0.348. The van der Waals surface area contributed by atoms with Gasteiger partial charge < -0.3 is 22.0 Å². The molecule has 1 N–H and O–H groups in total. The summed E-state index contributed by atoms with van der Waals surface area (Å²) in [6.45, 7) is 6.00. The summed E-state index contributed by atoms with van der Waals surface area (Å²) in [4.78, 5) is 11.9. The number of halogens is 1. The molecule has 0 radical (unpaired) electrons. The van der Waals surface area contributed by atoms with Crippen molar-refractivity contribution in [1.29, 1.82) is 0 Å². The number of rotatable bonds is 4. The second-order valence-corrected chi connectivity index (χ2v) is 2.86. The van der Waals surface area contributed by atoms with E-state index >= 15 is 0 Å². The average Bonchev–Trinajstić information content (AvgIpc) is 1.85. The zero-order valence-electron chi connectivity index (χ0n) is 7.76. The van der Waals surface area contributed by atoms with E-state index in [9.17, 15) is 4.79 Å². The van der Waals surface area contributed by atoms with E-state index in [1.54, 1.807) is 0 Å². The van der Waals surface area contributed by atoms with Gasteiger partial charge in [0.05, 0.1) is 14.1 Å². The third-order valence-electron chi connectivity index (χ3n) is 1.18. The van der Waals surface area contributed by atoms with Crippen LogP contribution in [0.15, 0.2) is 12.7 Å². The maximum absolute atomic E-state index is 10.7. The van der Waals surface area contributed by atoms with Gasteiger partial charge in [-0.1, -0.05) is 6.58 Å². The van der Waals surface area contributed by atoms with Gasteiger partial charge in [-0.05, 0) is 6.92 Å². The molecule has 0 fully saturated rings. The highest BCUT2D eigenvalue weighted by Crippen LogP contribution is 1.87. The van der Waals surface area contributed by atoms with E-state index in [1.807, 2.05) is 21.0 Å². The molecule has 0 aromatic heterocycles. The number of ether oxygens (including phenoxy) is 1. The van der Waals surface area contributed by atoms with E-state index in [1.165, 1.54) is 11.0 Å². The molecule has 12 heavy (non-hydrogen) atoms. The lowest BCUT2D eigenvalue weighted by Gasteiger charge is -2.13. The number of quaternary nitrogens is 1. The minimum Gasteiger partial charge on any atom is -1.00 e. The number of likely N-dealkylation sites (N-methyl/N-ethyl adjacent to an activating group) is 1. The Morgan fingerprint density at radius 3 is 2.50 bits per heavy atom. The van der Waals surface area contributed by atoms with E-state index in [-0.39, 0.29) is 24.5 Å². The second kappa shape index (κ2) is 7.13. The van der Waals surface area contributed by atoms with Gasteiger partial charge in [0.25, 0.3) is 0 Å². The first-order valence-electron chi connectivity index (χ1n) is 3.68. The Kier molecular flexibility index (Phi) is 8.32. The lowest BCUT2D eigenvalue weighted by atomic mass is 10.4. The van der Waals surface area contributed by atoms with Crippen LogP contribution >= 0.6 is 0 Å². The van der Waals surface area contributed by atoms with Crippen LogP contribution in [0.2, 0.25) is 0 Å². The molecule has 0 aromatic rings. The van der Waals surface area contributed by atoms with Gasteiger partial charge in [0.2, 0.25) is 0 Å². The molecule has 0 saturated carbocycles. The normalized spacial score (nSPS) is 11.7. The summed E-state index contributed by atoms with van der Waals surface area (Å²) in [5.41, 5.74) is 0. The van der Waals surface area contributed by atoms with Gasteiger partial charge >= 0.3 is 5.97 Å². The van der Waals surface area contributed by atoms with Gasteiger partial charge in [0.15, 0.2) is 0 Å². The Bertz CT molecular complexity index is 148. The molecule has 0 aromatic carbocycles. The van der Waals surface area contributed by atoms with Crippen molar-refractivity contribution in [3.63, 3.8) is 0 Å². The third-order valence-corrected chi connectivity index (χ3v) is 1.18. The summed E-state index contributed by atoms with van der Waals surface area (Å²) in [5, 5.41) is 0. The van der Waals surface area contributed by atoms with E-state index in [0.29, 0.717) is 0 Å². The SMILES string of the molecule is C=CC(=O)OC(C)C[NH+](C)C.[Cl-]. The van der Waals surface area contributed by atoms with Gasteiger partial charge in [0.1, 0.15) is 12.6 Å². The Hall–Kier alpha value is -0.540. The quantitative estimate of drug-likeness (QED) is 0.368. The molecule has 0 spiro atoms. The molecule has 0 aliphatic carbocycles. The van der Waals surface area contributed by atoms with E-state index in [4.69, 9.17) is 4.74 Å². The molecule has 0 aliphatic heterocycles. The maximum Gasteiger partial charge on any atom is 0.330 e. The van der Waals surface area contributed by atoms with E-state index in [0.717, 1.165) is 6.54 Å². The highest BCUT2D eigenvalue weighted by atomic mass is 35.5. The van der Waals surface area contributed by atoms with Crippen LogP contribution in [0.4, 0.5) is 0 Å². The number of carbonyl (C=O) groups is 1. The average molecular weight is 194 g/mol. The van der Waals surface area contributed by atoms with Crippen LogP contribution in [0.5, 0.6) is 0 Å². The van der Waals surface area contributed by atoms with Crippen molar-refractivity contribution in [3.8, 4) is 0 Å². The fraction of sp³-hybridized carbons (Fsp3) is 0.625. The van der Waals surface area contributed by atoms with Crippen molar-refractivity contribution < 1.29 is 26.8 Å². The Morgan fingerprint density at radius 2 is 2.17 bits per heavy atom. The molecular formula is C8H16ClNO2. The monoisotopic (exact) mass is 193 g/mol. The fourth-order valence-electron chi connectivity index (χ4n) is 0.863. The lowest BCUT2D eigenvalue weighted by Crippen LogP contribution is -3.06. The number of carbonyl (C=O) groups excluding carboxylic acids is 1. The van der Waals surface area contributed by atoms with Crippen LogP contribution in [0.1, 0.15) is 6.92 Å². The molecule has 72 valence electrons. The van der Waals surface area contributed by atoms with E-state index in [2.05, 4.69) is 6.58 Å². The zero-order chi connectivity index (χ0) is 8.85. The summed E-state index contributed by atoms with van der Waals surface area (Å²) >= 11 is 0. The fourth-order valence-corrected chi connectivity index (χ4v) is 0.863.